The van der Waals surface area contributed by atoms with Crippen LogP contribution in [0.5, 0.6) is 0 Å². The summed E-state index contributed by atoms with van der Waals surface area (Å²) in [6, 6.07) is -0.672. The fraction of sp³-hybridized carbons (Fsp3) is 0.900. The molecule has 5 heterocycles. The summed E-state index contributed by atoms with van der Waals surface area (Å²) < 4.78 is 53.7. The van der Waals surface area contributed by atoms with Crippen LogP contribution in [0.1, 0.15) is 121 Å². The number of ether oxygens (including phenoxy) is 9. The molecule has 33 unspecified atom stereocenters. The molecule has 5 aliphatic carbocycles. The standard InChI is InChI=1S/C60H95NO23/c1-24(12-11-13-25(2)50(74)61-36-26(3)27(4)76-51(36)75)30-16-17-58(10)35-15-14-34-56(7,8)49(31(64)20-60(34)23-59(35,60)19-18-57(30,58)9)84-53-45(73)43(71)46(33(22-63)80-53)81-54-47(41(69)38(66)29(6)78-54)83-55-48(42(70)39(67)32(21-62)79-55)82-52-44(72)40(68)37(65)28(5)77-52/h11-13,24,26-49,52-55,62-73H,14-23H2,1-10H3,(H,61,74). The van der Waals surface area contributed by atoms with E-state index in [2.05, 4.69) is 46.0 Å². The molecule has 5 saturated heterocycles. The maximum atomic E-state index is 13.1. The Hall–Kier alpha value is -2.38. The quantitative estimate of drug-likeness (QED) is 0.0418. The largest absolute Gasteiger partial charge is 0.461 e. The number of aliphatic hydroxyl groups is 12. The first kappa shape index (κ1) is 64.6. The average Bonchev–Trinajstić information content (AvgIpc) is 1.47. The summed E-state index contributed by atoms with van der Waals surface area (Å²) in [5.41, 5.74) is -0.167. The number of rotatable bonds is 15. The van der Waals surface area contributed by atoms with Crippen molar-refractivity contribution in [1.82, 2.24) is 5.32 Å². The van der Waals surface area contributed by atoms with Crippen molar-refractivity contribution in [3.8, 4) is 0 Å². The second kappa shape index (κ2) is 23.8. The van der Waals surface area contributed by atoms with Crippen LogP contribution < -0.4 is 5.32 Å². The highest BCUT2D eigenvalue weighted by Gasteiger charge is 2.83. The smallest absolute Gasteiger partial charge is 0.329 e. The lowest BCUT2D eigenvalue weighted by molar-refractivity contribution is -0.403. The van der Waals surface area contributed by atoms with Gasteiger partial charge >= 0.3 is 5.97 Å². The molecule has 2 spiro atoms. The first-order valence-corrected chi connectivity index (χ1v) is 30.6. The lowest BCUT2D eigenvalue weighted by Gasteiger charge is -2.64. The summed E-state index contributed by atoms with van der Waals surface area (Å²) in [6.45, 7) is 18.1. The van der Waals surface area contributed by atoms with Crippen molar-refractivity contribution < 1.29 is 113 Å². The number of aliphatic hydroxyl groups excluding tert-OH is 12. The minimum atomic E-state index is -1.94. The zero-order valence-electron chi connectivity index (χ0n) is 49.9. The normalized spacial score (nSPS) is 54.0. The van der Waals surface area contributed by atoms with E-state index in [4.69, 9.17) is 42.6 Å². The molecule has 13 N–H and O–H groups in total. The van der Waals surface area contributed by atoms with E-state index in [9.17, 15) is 70.9 Å². The number of cyclic esters (lactones) is 1. The predicted octanol–water partition coefficient (Wildman–Crippen LogP) is -0.686. The van der Waals surface area contributed by atoms with Gasteiger partial charge in [-0.15, -0.1) is 0 Å². The van der Waals surface area contributed by atoms with Crippen LogP contribution in [-0.2, 0) is 52.2 Å². The van der Waals surface area contributed by atoms with E-state index < -0.39 is 166 Å². The highest BCUT2D eigenvalue weighted by atomic mass is 16.8. The summed E-state index contributed by atoms with van der Waals surface area (Å²) >= 11 is 0. The Morgan fingerprint density at radius 2 is 1.17 bits per heavy atom. The zero-order chi connectivity index (χ0) is 61.2. The summed E-state index contributed by atoms with van der Waals surface area (Å²) in [4.78, 5) is 25.4. The van der Waals surface area contributed by atoms with Gasteiger partial charge in [-0.25, -0.2) is 4.79 Å². The summed E-state index contributed by atoms with van der Waals surface area (Å²) in [5.74, 6) is 0.402. The van der Waals surface area contributed by atoms with Crippen molar-refractivity contribution in [2.45, 2.75) is 268 Å². The molecule has 24 heteroatoms. The van der Waals surface area contributed by atoms with Crippen molar-refractivity contribution in [3.05, 3.63) is 23.8 Å². The van der Waals surface area contributed by atoms with Crippen LogP contribution in [0.25, 0.3) is 0 Å². The third-order valence-electron chi connectivity index (χ3n) is 23.3. The first-order chi connectivity index (χ1) is 39.4. The van der Waals surface area contributed by atoms with E-state index in [-0.39, 0.29) is 51.4 Å². The molecule has 5 aliphatic heterocycles. The van der Waals surface area contributed by atoms with Gasteiger partial charge in [0.2, 0.25) is 5.91 Å². The maximum Gasteiger partial charge on any atom is 0.329 e. The van der Waals surface area contributed by atoms with E-state index in [1.807, 2.05) is 26.0 Å². The minimum Gasteiger partial charge on any atom is -0.461 e. The number of amides is 1. The van der Waals surface area contributed by atoms with E-state index >= 15 is 0 Å². The molecule has 10 aliphatic rings. The molecule has 10 rings (SSSR count). The Morgan fingerprint density at radius 3 is 1.81 bits per heavy atom. The van der Waals surface area contributed by atoms with Gasteiger partial charge < -0.3 is 109 Å². The highest BCUT2D eigenvalue weighted by Crippen LogP contribution is 2.89. The molecule has 84 heavy (non-hydrogen) atoms. The summed E-state index contributed by atoms with van der Waals surface area (Å²) in [5, 5.41) is 136. The van der Waals surface area contributed by atoms with E-state index in [0.29, 0.717) is 23.8 Å². The van der Waals surface area contributed by atoms with Crippen molar-refractivity contribution >= 4 is 11.9 Å². The van der Waals surface area contributed by atoms with E-state index in [1.165, 1.54) is 13.8 Å². The second-order valence-electron chi connectivity index (χ2n) is 27.9. The Labute approximate surface area is 490 Å². The third kappa shape index (κ3) is 10.5. The van der Waals surface area contributed by atoms with Crippen LogP contribution in [0.4, 0.5) is 0 Å². The van der Waals surface area contributed by atoms with Gasteiger partial charge in [-0.1, -0.05) is 59.8 Å². The van der Waals surface area contributed by atoms with Crippen molar-refractivity contribution in [1.29, 1.82) is 0 Å². The number of allylic oxidation sites excluding steroid dienone is 3. The topological polar surface area (TPSA) is 372 Å². The average molecular weight is 1200 g/mol. The fourth-order valence-corrected chi connectivity index (χ4v) is 18.1. The van der Waals surface area contributed by atoms with Gasteiger partial charge in [0.15, 0.2) is 25.2 Å². The lowest BCUT2D eigenvalue weighted by Crippen LogP contribution is -2.68. The second-order valence-corrected chi connectivity index (χ2v) is 27.9. The van der Waals surface area contributed by atoms with Gasteiger partial charge in [-0.3, -0.25) is 4.79 Å². The molecule has 33 atom stereocenters. The van der Waals surface area contributed by atoms with Gasteiger partial charge in [0, 0.05) is 11.5 Å². The third-order valence-corrected chi connectivity index (χ3v) is 23.3. The number of fused-ring (bicyclic) bond motifs is 2. The van der Waals surface area contributed by atoms with Crippen LogP contribution in [0.15, 0.2) is 23.8 Å². The molecule has 5 saturated carbocycles. The Morgan fingerprint density at radius 1 is 0.619 bits per heavy atom. The van der Waals surface area contributed by atoms with E-state index in [1.54, 1.807) is 6.92 Å². The molecule has 24 nitrogen and oxygen atoms in total. The number of carbonyl (C=O) groups excluding carboxylic acids is 2. The number of nitrogens with one attached hydrogen (secondary N) is 1. The summed E-state index contributed by atoms with van der Waals surface area (Å²) in [6.07, 6.45) is -22.1. The summed E-state index contributed by atoms with van der Waals surface area (Å²) in [7, 11) is 0. The van der Waals surface area contributed by atoms with Crippen molar-refractivity contribution in [2.24, 2.45) is 56.7 Å². The molecule has 1 amide bonds. The SMILES string of the molecule is CC(=CC=CC(C)C1CCC2(C)C3CCC4C(C)(C)C(OC5OC(CO)C(OC6OC(C)C(O)C(O)C6OC6OC(CO)C(O)C(O)C6OC6OC(C)C(O)C(O)C6O)C(O)C5O)C(O)CC45CC35CCC12C)C(=O)NC1C(=O)OC(C)C1C. The lowest BCUT2D eigenvalue weighted by atomic mass is 9.41. The molecular formula is C60H95NO23. The molecule has 0 bridgehead atoms. The van der Waals surface area contributed by atoms with Crippen LogP contribution in [-0.4, -0.2) is 234 Å². The van der Waals surface area contributed by atoms with E-state index in [0.717, 1.165) is 44.9 Å². The van der Waals surface area contributed by atoms with Crippen LogP contribution in [0.2, 0.25) is 0 Å². The van der Waals surface area contributed by atoms with Gasteiger partial charge in [0.25, 0.3) is 0 Å². The molecule has 0 aromatic heterocycles. The minimum absolute atomic E-state index is 0.0285. The Bertz CT molecular complexity index is 2430. The monoisotopic (exact) mass is 1200 g/mol. The Kier molecular flexibility index (Phi) is 18.3. The number of hydrogen-bond donors (Lipinski definition) is 13. The number of carbonyl (C=O) groups is 2. The first-order valence-electron chi connectivity index (χ1n) is 30.6. The van der Waals surface area contributed by atoms with Gasteiger partial charge in [0.05, 0.1) is 37.6 Å². The molecule has 478 valence electrons. The molecular weight excluding hydrogens is 1100 g/mol. The Balaban J connectivity index is 0.799. The number of esters is 1. The van der Waals surface area contributed by atoms with Crippen molar-refractivity contribution in [2.75, 3.05) is 13.2 Å². The molecule has 10 fully saturated rings. The van der Waals surface area contributed by atoms with Crippen LogP contribution >= 0.6 is 0 Å². The molecule has 0 aromatic carbocycles. The van der Waals surface area contributed by atoms with Crippen LogP contribution in [0.3, 0.4) is 0 Å². The predicted molar refractivity (Wildman–Crippen MR) is 291 cm³/mol. The highest BCUT2D eigenvalue weighted by molar-refractivity contribution is 5.96. The molecule has 0 radical (unpaired) electrons. The number of hydrogen-bond acceptors (Lipinski definition) is 23. The maximum absolute atomic E-state index is 13.1. The van der Waals surface area contributed by atoms with Crippen molar-refractivity contribution in [3.63, 3.8) is 0 Å². The van der Waals surface area contributed by atoms with Crippen LogP contribution in [0, 0.1) is 56.7 Å². The van der Waals surface area contributed by atoms with Gasteiger partial charge in [0.1, 0.15) is 97.6 Å². The van der Waals surface area contributed by atoms with Gasteiger partial charge in [-0.05, 0) is 130 Å². The zero-order valence-corrected chi connectivity index (χ0v) is 49.9. The van der Waals surface area contributed by atoms with Gasteiger partial charge in [-0.2, -0.15) is 0 Å². The molecule has 0 aromatic rings. The fourth-order valence-electron chi connectivity index (χ4n) is 18.1.